The van der Waals surface area contributed by atoms with Crippen LogP contribution in [0.5, 0.6) is 0 Å². The summed E-state index contributed by atoms with van der Waals surface area (Å²) in [7, 11) is 0. The lowest BCUT2D eigenvalue weighted by molar-refractivity contribution is 0.103. The quantitative estimate of drug-likeness (QED) is 0.566. The van der Waals surface area contributed by atoms with Gasteiger partial charge in [-0.3, -0.25) is 0 Å². The van der Waals surface area contributed by atoms with Gasteiger partial charge in [0.25, 0.3) is 0 Å². The Kier molecular flexibility index (Phi) is 1.80. The van der Waals surface area contributed by atoms with E-state index in [4.69, 9.17) is 4.74 Å². The Labute approximate surface area is 57.4 Å². The van der Waals surface area contributed by atoms with Crippen molar-refractivity contribution in [2.75, 3.05) is 6.61 Å². The van der Waals surface area contributed by atoms with E-state index in [2.05, 4.69) is 20.8 Å². The third kappa shape index (κ3) is 1.26. The minimum Gasteiger partial charge on any atom is -0.378 e. The number of rotatable bonds is 3. The minimum atomic E-state index is 0.538. The SMILES string of the molecule is CCO[C@@H]1CC1(C)CC. The highest BCUT2D eigenvalue weighted by Crippen LogP contribution is 2.50. The Morgan fingerprint density at radius 3 is 2.56 bits per heavy atom. The van der Waals surface area contributed by atoms with E-state index in [1.54, 1.807) is 0 Å². The largest absolute Gasteiger partial charge is 0.378 e. The van der Waals surface area contributed by atoms with Crippen LogP contribution >= 0.6 is 0 Å². The lowest BCUT2D eigenvalue weighted by Gasteiger charge is -2.05. The average molecular weight is 128 g/mol. The standard InChI is InChI=1S/C8H16O/c1-4-8(3)6-7(8)9-5-2/h7H,4-6H2,1-3H3/t7-,8?/m1/s1. The summed E-state index contributed by atoms with van der Waals surface area (Å²) in [6.07, 6.45) is 3.11. The van der Waals surface area contributed by atoms with Gasteiger partial charge in [0, 0.05) is 6.61 Å². The molecule has 0 aromatic heterocycles. The fourth-order valence-electron chi connectivity index (χ4n) is 1.20. The van der Waals surface area contributed by atoms with E-state index in [9.17, 15) is 0 Å². The first-order chi connectivity index (χ1) is 4.23. The fourth-order valence-corrected chi connectivity index (χ4v) is 1.20. The Hall–Kier alpha value is -0.0400. The molecule has 54 valence electrons. The molecule has 1 fully saturated rings. The van der Waals surface area contributed by atoms with Gasteiger partial charge in [-0.25, -0.2) is 0 Å². The second-order valence-corrected chi connectivity index (χ2v) is 3.16. The van der Waals surface area contributed by atoms with Crippen LogP contribution in [0.1, 0.15) is 33.6 Å². The molecule has 1 rings (SSSR count). The molecule has 1 unspecified atom stereocenters. The summed E-state index contributed by atoms with van der Waals surface area (Å²) in [6, 6.07) is 0. The molecular formula is C8H16O. The molecule has 0 aromatic rings. The van der Waals surface area contributed by atoms with Gasteiger partial charge in [0.15, 0.2) is 0 Å². The first-order valence-electron chi connectivity index (χ1n) is 3.84. The van der Waals surface area contributed by atoms with Gasteiger partial charge < -0.3 is 4.74 Å². The maximum Gasteiger partial charge on any atom is 0.0635 e. The predicted octanol–water partition coefficient (Wildman–Crippen LogP) is 2.21. The van der Waals surface area contributed by atoms with Crippen molar-refractivity contribution in [3.63, 3.8) is 0 Å². The molecule has 0 radical (unpaired) electrons. The maximum absolute atomic E-state index is 5.46. The number of hydrogen-bond donors (Lipinski definition) is 0. The molecule has 0 amide bonds. The van der Waals surface area contributed by atoms with Gasteiger partial charge in [-0.15, -0.1) is 0 Å². The van der Waals surface area contributed by atoms with E-state index in [-0.39, 0.29) is 0 Å². The molecule has 0 saturated heterocycles. The highest BCUT2D eigenvalue weighted by Gasteiger charge is 2.49. The summed E-state index contributed by atoms with van der Waals surface area (Å²) < 4.78 is 5.46. The first-order valence-corrected chi connectivity index (χ1v) is 3.84. The second kappa shape index (κ2) is 2.30. The monoisotopic (exact) mass is 128 g/mol. The smallest absolute Gasteiger partial charge is 0.0635 e. The van der Waals surface area contributed by atoms with Crippen LogP contribution in [0.2, 0.25) is 0 Å². The lowest BCUT2D eigenvalue weighted by atomic mass is 10.1. The van der Waals surface area contributed by atoms with Crippen molar-refractivity contribution in [3.05, 3.63) is 0 Å². The Bertz CT molecular complexity index is 98.7. The minimum absolute atomic E-state index is 0.538. The normalized spacial score (nSPS) is 41.0. The molecule has 1 saturated carbocycles. The van der Waals surface area contributed by atoms with Gasteiger partial charge in [-0.1, -0.05) is 13.8 Å². The van der Waals surface area contributed by atoms with Gasteiger partial charge in [0.2, 0.25) is 0 Å². The summed E-state index contributed by atoms with van der Waals surface area (Å²) in [6.45, 7) is 7.47. The van der Waals surface area contributed by atoms with E-state index in [1.165, 1.54) is 12.8 Å². The Balaban J connectivity index is 2.22. The van der Waals surface area contributed by atoms with E-state index >= 15 is 0 Å². The van der Waals surface area contributed by atoms with Crippen LogP contribution in [0, 0.1) is 5.41 Å². The van der Waals surface area contributed by atoms with Crippen molar-refractivity contribution in [1.82, 2.24) is 0 Å². The zero-order valence-electron chi connectivity index (χ0n) is 6.61. The van der Waals surface area contributed by atoms with Crippen LogP contribution in [-0.2, 0) is 4.74 Å². The molecule has 9 heavy (non-hydrogen) atoms. The molecule has 0 aliphatic heterocycles. The van der Waals surface area contributed by atoms with Crippen molar-refractivity contribution < 1.29 is 4.74 Å². The van der Waals surface area contributed by atoms with Crippen molar-refractivity contribution in [2.24, 2.45) is 5.41 Å². The van der Waals surface area contributed by atoms with E-state index in [1.807, 2.05) is 0 Å². The summed E-state index contributed by atoms with van der Waals surface area (Å²) >= 11 is 0. The van der Waals surface area contributed by atoms with Crippen molar-refractivity contribution >= 4 is 0 Å². The predicted molar refractivity (Wildman–Crippen MR) is 38.4 cm³/mol. The maximum atomic E-state index is 5.46. The van der Waals surface area contributed by atoms with Crippen molar-refractivity contribution in [3.8, 4) is 0 Å². The summed E-state index contributed by atoms with van der Waals surface area (Å²) in [5, 5.41) is 0. The van der Waals surface area contributed by atoms with Crippen LogP contribution in [-0.4, -0.2) is 12.7 Å². The van der Waals surface area contributed by atoms with Crippen LogP contribution in [0.15, 0.2) is 0 Å². The molecule has 2 atom stereocenters. The zero-order valence-corrected chi connectivity index (χ0v) is 6.61. The highest BCUT2D eigenvalue weighted by atomic mass is 16.5. The summed E-state index contributed by atoms with van der Waals surface area (Å²) in [4.78, 5) is 0. The zero-order chi connectivity index (χ0) is 6.91. The fraction of sp³-hybridized carbons (Fsp3) is 1.00. The van der Waals surface area contributed by atoms with Gasteiger partial charge >= 0.3 is 0 Å². The molecule has 0 aromatic carbocycles. The van der Waals surface area contributed by atoms with Crippen LogP contribution in [0.4, 0.5) is 0 Å². The molecule has 0 spiro atoms. The third-order valence-electron chi connectivity index (χ3n) is 2.44. The van der Waals surface area contributed by atoms with Crippen LogP contribution in [0.25, 0.3) is 0 Å². The van der Waals surface area contributed by atoms with Gasteiger partial charge in [-0.2, -0.15) is 0 Å². The molecule has 1 aliphatic carbocycles. The Morgan fingerprint density at radius 1 is 1.56 bits per heavy atom. The lowest BCUT2D eigenvalue weighted by Crippen LogP contribution is -2.03. The Morgan fingerprint density at radius 2 is 2.22 bits per heavy atom. The summed E-state index contributed by atoms with van der Waals surface area (Å²) in [5.74, 6) is 0. The van der Waals surface area contributed by atoms with E-state index in [0.717, 1.165) is 6.61 Å². The van der Waals surface area contributed by atoms with Gasteiger partial charge in [-0.05, 0) is 25.2 Å². The van der Waals surface area contributed by atoms with Crippen LogP contribution in [0.3, 0.4) is 0 Å². The van der Waals surface area contributed by atoms with E-state index < -0.39 is 0 Å². The molecular weight excluding hydrogens is 112 g/mol. The summed E-state index contributed by atoms with van der Waals surface area (Å²) in [5.41, 5.74) is 0.538. The van der Waals surface area contributed by atoms with Crippen LogP contribution < -0.4 is 0 Å². The molecule has 1 aliphatic rings. The topological polar surface area (TPSA) is 9.23 Å². The molecule has 0 heterocycles. The van der Waals surface area contributed by atoms with E-state index in [0.29, 0.717) is 11.5 Å². The molecule has 0 bridgehead atoms. The van der Waals surface area contributed by atoms with Crippen molar-refractivity contribution in [2.45, 2.75) is 39.7 Å². The second-order valence-electron chi connectivity index (χ2n) is 3.16. The third-order valence-corrected chi connectivity index (χ3v) is 2.44. The molecule has 1 heteroatoms. The molecule has 1 nitrogen and oxygen atoms in total. The first kappa shape index (κ1) is 7.07. The van der Waals surface area contributed by atoms with Gasteiger partial charge in [0.05, 0.1) is 6.10 Å². The average Bonchev–Trinajstić information content (AvgIpc) is 2.46. The number of ether oxygens (including phenoxy) is 1. The van der Waals surface area contributed by atoms with Gasteiger partial charge in [0.1, 0.15) is 0 Å². The number of hydrogen-bond acceptors (Lipinski definition) is 1. The van der Waals surface area contributed by atoms with Crippen molar-refractivity contribution in [1.29, 1.82) is 0 Å². The molecule has 0 N–H and O–H groups in total. The highest BCUT2D eigenvalue weighted by molar-refractivity contribution is 4.99.